The molecule has 3 aliphatic rings. The lowest BCUT2D eigenvalue weighted by molar-refractivity contribution is -0.138. The number of para-hydroxylation sites is 1. The molecule has 210 valence electrons. The van der Waals surface area contributed by atoms with E-state index in [1.807, 2.05) is 35.2 Å². The van der Waals surface area contributed by atoms with Gasteiger partial charge in [0.15, 0.2) is 0 Å². The molecule has 5 rings (SSSR count). The fraction of sp³-hybridized carbons (Fsp3) is 0.448. The van der Waals surface area contributed by atoms with Crippen LogP contribution in [0.15, 0.2) is 55.0 Å². The molecule has 0 aliphatic carbocycles. The Labute approximate surface area is 233 Å². The van der Waals surface area contributed by atoms with Crippen LogP contribution in [0.1, 0.15) is 28.9 Å². The standard InChI is InChI=1S/C29H34N6O5/c36-21-32-11-13-33(14-12-32)27(37)16-22-7-10-34-18-23(22)5-3-15-40-26-6-2-1-4-24(26)19-35(20-28(34)38)29(39)25-17-30-8-9-31-25/h1-6,8-9,17,21-23H,7,10-16,18-20H2/b5-3-/t22-,23-/m0/s1. The normalized spacial score (nSPS) is 22.6. The first-order chi connectivity index (χ1) is 19.5. The third-order valence-corrected chi connectivity index (χ3v) is 7.86. The first-order valence-corrected chi connectivity index (χ1v) is 13.7. The number of amides is 4. The highest BCUT2D eigenvalue weighted by atomic mass is 16.5. The quantitative estimate of drug-likeness (QED) is 0.418. The average Bonchev–Trinajstić information content (AvgIpc) is 3.00. The predicted octanol–water partition coefficient (Wildman–Crippen LogP) is 1.22. The van der Waals surface area contributed by atoms with Gasteiger partial charge < -0.3 is 24.3 Å². The monoisotopic (exact) mass is 546 g/mol. The van der Waals surface area contributed by atoms with Crippen LogP contribution in [0.25, 0.3) is 0 Å². The van der Waals surface area contributed by atoms with Gasteiger partial charge in [0.1, 0.15) is 24.6 Å². The topological polar surface area (TPSA) is 116 Å². The second-order valence-corrected chi connectivity index (χ2v) is 10.4. The van der Waals surface area contributed by atoms with Gasteiger partial charge in [0.05, 0.1) is 12.7 Å². The molecule has 2 saturated heterocycles. The van der Waals surface area contributed by atoms with Crippen molar-refractivity contribution in [1.82, 2.24) is 29.6 Å². The number of piperidine rings is 1. The summed E-state index contributed by atoms with van der Waals surface area (Å²) in [7, 11) is 0. The van der Waals surface area contributed by atoms with Crippen molar-refractivity contribution in [1.29, 1.82) is 0 Å². The van der Waals surface area contributed by atoms with Gasteiger partial charge in [-0.1, -0.05) is 30.4 Å². The minimum atomic E-state index is -0.379. The van der Waals surface area contributed by atoms with Crippen molar-refractivity contribution in [3.63, 3.8) is 0 Å². The van der Waals surface area contributed by atoms with E-state index in [0.717, 1.165) is 12.0 Å². The van der Waals surface area contributed by atoms with Crippen LogP contribution >= 0.6 is 0 Å². The number of nitrogens with zero attached hydrogens (tertiary/aromatic N) is 6. The van der Waals surface area contributed by atoms with Crippen LogP contribution in [0.2, 0.25) is 0 Å². The first-order valence-electron chi connectivity index (χ1n) is 13.7. The Balaban J connectivity index is 1.34. The van der Waals surface area contributed by atoms with E-state index in [1.54, 1.807) is 9.80 Å². The van der Waals surface area contributed by atoms with Crippen LogP contribution in [0.4, 0.5) is 0 Å². The van der Waals surface area contributed by atoms with Crippen LogP contribution in [0.3, 0.4) is 0 Å². The molecule has 1 aromatic carbocycles. The van der Waals surface area contributed by atoms with E-state index in [-0.39, 0.29) is 48.3 Å². The number of fused-ring (bicyclic) bond motifs is 3. The lowest BCUT2D eigenvalue weighted by Crippen LogP contribution is -2.50. The van der Waals surface area contributed by atoms with E-state index >= 15 is 0 Å². The summed E-state index contributed by atoms with van der Waals surface area (Å²) in [5.41, 5.74) is 0.958. The molecule has 40 heavy (non-hydrogen) atoms. The molecular formula is C29H34N6O5. The third kappa shape index (κ3) is 6.47. The lowest BCUT2D eigenvalue weighted by Gasteiger charge is -2.39. The first kappa shape index (κ1) is 27.3. The van der Waals surface area contributed by atoms with Crippen molar-refractivity contribution in [2.24, 2.45) is 11.8 Å². The number of aromatic nitrogens is 2. The molecule has 0 unspecified atom stereocenters. The van der Waals surface area contributed by atoms with Gasteiger partial charge in [0.25, 0.3) is 5.91 Å². The van der Waals surface area contributed by atoms with Gasteiger partial charge in [-0.05, 0) is 24.3 Å². The van der Waals surface area contributed by atoms with E-state index in [1.165, 1.54) is 23.5 Å². The van der Waals surface area contributed by atoms with Gasteiger partial charge in [-0.2, -0.15) is 0 Å². The van der Waals surface area contributed by atoms with Crippen molar-refractivity contribution in [2.75, 3.05) is 52.4 Å². The summed E-state index contributed by atoms with van der Waals surface area (Å²) in [5.74, 6) is 0.241. The molecule has 2 bridgehead atoms. The van der Waals surface area contributed by atoms with Gasteiger partial charge in [-0.25, -0.2) is 4.98 Å². The Hall–Kier alpha value is -4.28. The zero-order valence-corrected chi connectivity index (χ0v) is 22.4. The average molecular weight is 547 g/mol. The molecule has 3 aliphatic heterocycles. The minimum Gasteiger partial charge on any atom is -0.489 e. The van der Waals surface area contributed by atoms with E-state index in [9.17, 15) is 19.2 Å². The van der Waals surface area contributed by atoms with Gasteiger partial charge in [-0.15, -0.1) is 0 Å². The van der Waals surface area contributed by atoms with E-state index in [2.05, 4.69) is 16.0 Å². The SMILES string of the molecule is O=CN1CCN(C(=O)C[C@@H]2CCN3C[C@@H]2/C=C\COc2ccccc2CN(C(=O)c2cnccn2)CC3=O)CC1. The number of carbonyl (C=O) groups is 4. The highest BCUT2D eigenvalue weighted by molar-refractivity contribution is 5.94. The van der Waals surface area contributed by atoms with Crippen LogP contribution in [-0.2, 0) is 20.9 Å². The van der Waals surface area contributed by atoms with Crippen molar-refractivity contribution < 1.29 is 23.9 Å². The summed E-state index contributed by atoms with van der Waals surface area (Å²) in [6, 6.07) is 7.48. The summed E-state index contributed by atoms with van der Waals surface area (Å²) in [6.07, 6.45) is 10.3. The summed E-state index contributed by atoms with van der Waals surface area (Å²) >= 11 is 0. The summed E-state index contributed by atoms with van der Waals surface area (Å²) in [6.45, 7) is 3.57. The molecule has 0 radical (unpaired) electrons. The molecule has 0 saturated carbocycles. The number of hydrogen-bond acceptors (Lipinski definition) is 7. The molecule has 11 heteroatoms. The Morgan fingerprint density at radius 2 is 1.85 bits per heavy atom. The molecule has 0 N–H and O–H groups in total. The lowest BCUT2D eigenvalue weighted by atomic mass is 9.82. The molecule has 4 heterocycles. The van der Waals surface area contributed by atoms with Crippen LogP contribution in [-0.4, -0.2) is 106 Å². The maximum absolute atomic E-state index is 13.6. The maximum Gasteiger partial charge on any atom is 0.274 e. The number of carbonyl (C=O) groups excluding carboxylic acids is 4. The predicted molar refractivity (Wildman–Crippen MR) is 145 cm³/mol. The third-order valence-electron chi connectivity index (χ3n) is 7.86. The van der Waals surface area contributed by atoms with Crippen LogP contribution < -0.4 is 4.74 Å². The summed E-state index contributed by atoms with van der Waals surface area (Å²) in [4.78, 5) is 66.1. The molecule has 0 spiro atoms. The summed E-state index contributed by atoms with van der Waals surface area (Å²) < 4.78 is 6.07. The van der Waals surface area contributed by atoms with Crippen LogP contribution in [0.5, 0.6) is 5.75 Å². The smallest absolute Gasteiger partial charge is 0.274 e. The number of benzene rings is 1. The number of rotatable bonds is 4. The Morgan fingerprint density at radius 3 is 2.62 bits per heavy atom. The van der Waals surface area contributed by atoms with Crippen molar-refractivity contribution in [3.8, 4) is 5.75 Å². The highest BCUT2D eigenvalue weighted by Gasteiger charge is 2.34. The van der Waals surface area contributed by atoms with E-state index in [4.69, 9.17) is 4.74 Å². The number of hydrogen-bond donors (Lipinski definition) is 0. The Kier molecular flexibility index (Phi) is 8.68. The molecule has 2 atom stereocenters. The van der Waals surface area contributed by atoms with Crippen molar-refractivity contribution in [2.45, 2.75) is 19.4 Å². The second kappa shape index (κ2) is 12.7. The zero-order valence-electron chi connectivity index (χ0n) is 22.4. The van der Waals surface area contributed by atoms with Gasteiger partial charge >= 0.3 is 0 Å². The van der Waals surface area contributed by atoms with E-state index < -0.39 is 0 Å². The Bertz CT molecular complexity index is 1250. The molecule has 2 fully saturated rings. The molecule has 1 aromatic heterocycles. The van der Waals surface area contributed by atoms with Crippen molar-refractivity contribution >= 4 is 24.1 Å². The Morgan fingerprint density at radius 1 is 1.02 bits per heavy atom. The van der Waals surface area contributed by atoms with Crippen molar-refractivity contribution in [3.05, 3.63) is 66.3 Å². The molecule has 4 amide bonds. The fourth-order valence-electron chi connectivity index (χ4n) is 5.54. The summed E-state index contributed by atoms with van der Waals surface area (Å²) in [5, 5.41) is 0. The molecule has 11 nitrogen and oxygen atoms in total. The van der Waals surface area contributed by atoms with Gasteiger partial charge in [-0.3, -0.25) is 24.2 Å². The fourth-order valence-corrected chi connectivity index (χ4v) is 5.54. The van der Waals surface area contributed by atoms with E-state index in [0.29, 0.717) is 64.5 Å². The zero-order chi connectivity index (χ0) is 27.9. The highest BCUT2D eigenvalue weighted by Crippen LogP contribution is 2.30. The largest absolute Gasteiger partial charge is 0.489 e. The second-order valence-electron chi connectivity index (χ2n) is 10.4. The molecule has 2 aromatic rings. The van der Waals surface area contributed by atoms with Gasteiger partial charge in [0, 0.05) is 63.6 Å². The maximum atomic E-state index is 13.6. The van der Waals surface area contributed by atoms with Gasteiger partial charge in [0.2, 0.25) is 18.2 Å². The minimum absolute atomic E-state index is 0.0262. The van der Waals surface area contributed by atoms with Crippen LogP contribution in [0, 0.1) is 11.8 Å². The number of ether oxygens (including phenoxy) is 1. The molecular weight excluding hydrogens is 512 g/mol. The number of piperazine rings is 1.